The topological polar surface area (TPSA) is 66.5 Å². The molecule has 1 heterocycles. The Morgan fingerprint density at radius 2 is 2.05 bits per heavy atom. The molecule has 1 atom stereocenters. The van der Waals surface area contributed by atoms with Gasteiger partial charge in [-0.25, -0.2) is 8.42 Å². The van der Waals surface area contributed by atoms with Crippen molar-refractivity contribution in [3.8, 4) is 0 Å². The molecule has 1 aliphatic heterocycles. The van der Waals surface area contributed by atoms with Crippen LogP contribution >= 0.6 is 0 Å². The summed E-state index contributed by atoms with van der Waals surface area (Å²) in [6, 6.07) is 8.35. The molecular formula is C16H22N2O3S. The molecule has 1 aromatic carbocycles. The number of nitrogens with zero attached hydrogens (tertiary/aromatic N) is 1. The molecule has 0 bridgehead atoms. The molecule has 1 amide bonds. The van der Waals surface area contributed by atoms with Crippen LogP contribution in [0.3, 0.4) is 0 Å². The van der Waals surface area contributed by atoms with Gasteiger partial charge in [-0.05, 0) is 31.9 Å². The molecule has 0 radical (unpaired) electrons. The average molecular weight is 322 g/mol. The molecule has 1 N–H and O–H groups in total. The highest BCUT2D eigenvalue weighted by atomic mass is 32.2. The molecule has 1 unspecified atom stereocenters. The molecule has 0 aromatic heterocycles. The van der Waals surface area contributed by atoms with Gasteiger partial charge in [-0.2, -0.15) is 4.31 Å². The van der Waals surface area contributed by atoms with Gasteiger partial charge in [0.2, 0.25) is 15.9 Å². The van der Waals surface area contributed by atoms with Crippen LogP contribution < -0.4 is 5.32 Å². The number of amides is 1. The molecule has 2 rings (SSSR count). The molecule has 0 spiro atoms. The zero-order valence-electron chi connectivity index (χ0n) is 12.8. The van der Waals surface area contributed by atoms with Gasteiger partial charge in [0.15, 0.2) is 0 Å². The van der Waals surface area contributed by atoms with E-state index in [1.807, 2.05) is 6.92 Å². The minimum absolute atomic E-state index is 0.101. The Morgan fingerprint density at radius 3 is 2.68 bits per heavy atom. The average Bonchev–Trinajstić information content (AvgIpc) is 2.53. The lowest BCUT2D eigenvalue weighted by molar-refractivity contribution is -0.125. The van der Waals surface area contributed by atoms with Gasteiger partial charge in [-0.1, -0.05) is 30.4 Å². The lowest BCUT2D eigenvalue weighted by atomic mass is 9.99. The standard InChI is InChI=1S/C16H22N2O3S/c1-13(2)11-17-16(19)14-7-6-10-18(12-14)22(20,21)15-8-4-3-5-9-15/h3-5,8-9,14H,1,6-7,10-12H2,2H3,(H,17,19). The van der Waals surface area contributed by atoms with Gasteiger partial charge < -0.3 is 5.32 Å². The van der Waals surface area contributed by atoms with E-state index >= 15 is 0 Å². The number of piperidine rings is 1. The highest BCUT2D eigenvalue weighted by Crippen LogP contribution is 2.23. The third-order valence-electron chi connectivity index (χ3n) is 3.70. The van der Waals surface area contributed by atoms with E-state index in [0.29, 0.717) is 25.9 Å². The van der Waals surface area contributed by atoms with Crippen molar-refractivity contribution in [3.05, 3.63) is 42.5 Å². The smallest absolute Gasteiger partial charge is 0.243 e. The molecule has 1 fully saturated rings. The second-order valence-electron chi connectivity index (χ2n) is 5.69. The first-order chi connectivity index (χ1) is 10.4. The molecule has 22 heavy (non-hydrogen) atoms. The van der Waals surface area contributed by atoms with E-state index in [4.69, 9.17) is 0 Å². The molecule has 6 heteroatoms. The van der Waals surface area contributed by atoms with Crippen molar-refractivity contribution in [3.63, 3.8) is 0 Å². The summed E-state index contributed by atoms with van der Waals surface area (Å²) < 4.78 is 26.6. The largest absolute Gasteiger partial charge is 0.352 e. The van der Waals surface area contributed by atoms with Crippen LogP contribution in [0.4, 0.5) is 0 Å². The predicted molar refractivity (Wildman–Crippen MR) is 85.7 cm³/mol. The quantitative estimate of drug-likeness (QED) is 0.840. The van der Waals surface area contributed by atoms with Crippen LogP contribution in [0.15, 0.2) is 47.4 Å². The fraction of sp³-hybridized carbons (Fsp3) is 0.438. The molecule has 5 nitrogen and oxygen atoms in total. The van der Waals surface area contributed by atoms with Crippen molar-refractivity contribution >= 4 is 15.9 Å². The van der Waals surface area contributed by atoms with E-state index in [-0.39, 0.29) is 23.3 Å². The van der Waals surface area contributed by atoms with Crippen LogP contribution in [-0.2, 0) is 14.8 Å². The molecule has 0 saturated carbocycles. The third-order valence-corrected chi connectivity index (χ3v) is 5.58. The number of sulfonamides is 1. The number of hydrogen-bond acceptors (Lipinski definition) is 3. The molecule has 1 aromatic rings. The lowest BCUT2D eigenvalue weighted by Gasteiger charge is -2.31. The molecule has 1 saturated heterocycles. The molecule has 0 aliphatic carbocycles. The Bertz CT molecular complexity index is 641. The van der Waals surface area contributed by atoms with Crippen molar-refractivity contribution in [2.45, 2.75) is 24.7 Å². The number of carbonyl (C=O) groups is 1. The van der Waals surface area contributed by atoms with E-state index in [9.17, 15) is 13.2 Å². The second-order valence-corrected chi connectivity index (χ2v) is 7.63. The Kier molecular flexibility index (Phi) is 5.37. The van der Waals surface area contributed by atoms with Crippen molar-refractivity contribution < 1.29 is 13.2 Å². The first kappa shape index (κ1) is 16.7. The Hall–Kier alpha value is -1.66. The van der Waals surface area contributed by atoms with Gasteiger partial charge in [0, 0.05) is 19.6 Å². The van der Waals surface area contributed by atoms with E-state index in [1.165, 1.54) is 4.31 Å². The first-order valence-electron chi connectivity index (χ1n) is 7.38. The van der Waals surface area contributed by atoms with Crippen LogP contribution in [0.1, 0.15) is 19.8 Å². The summed E-state index contributed by atoms with van der Waals surface area (Å²) in [6.45, 7) is 6.71. The van der Waals surface area contributed by atoms with Crippen LogP contribution in [0, 0.1) is 5.92 Å². The minimum atomic E-state index is -3.52. The van der Waals surface area contributed by atoms with E-state index in [1.54, 1.807) is 30.3 Å². The summed E-state index contributed by atoms with van der Waals surface area (Å²) in [5.74, 6) is -0.400. The Labute approximate surface area is 132 Å². The molecular weight excluding hydrogens is 300 g/mol. The zero-order valence-corrected chi connectivity index (χ0v) is 13.6. The number of hydrogen-bond donors (Lipinski definition) is 1. The van der Waals surface area contributed by atoms with Crippen LogP contribution in [0.25, 0.3) is 0 Å². The van der Waals surface area contributed by atoms with Gasteiger partial charge in [0.05, 0.1) is 10.8 Å². The van der Waals surface area contributed by atoms with E-state index < -0.39 is 10.0 Å². The summed E-state index contributed by atoms with van der Waals surface area (Å²) in [5, 5.41) is 2.80. The summed E-state index contributed by atoms with van der Waals surface area (Å²) in [4.78, 5) is 12.4. The van der Waals surface area contributed by atoms with Gasteiger partial charge in [0.25, 0.3) is 0 Å². The van der Waals surface area contributed by atoms with Gasteiger partial charge >= 0.3 is 0 Å². The van der Waals surface area contributed by atoms with Crippen molar-refractivity contribution in [2.24, 2.45) is 5.92 Å². The van der Waals surface area contributed by atoms with Crippen LogP contribution in [-0.4, -0.2) is 38.3 Å². The number of rotatable bonds is 5. The Morgan fingerprint density at radius 1 is 1.36 bits per heavy atom. The first-order valence-corrected chi connectivity index (χ1v) is 8.82. The van der Waals surface area contributed by atoms with E-state index in [0.717, 1.165) is 5.57 Å². The fourth-order valence-electron chi connectivity index (χ4n) is 2.50. The Balaban J connectivity index is 2.07. The van der Waals surface area contributed by atoms with Crippen LogP contribution in [0.2, 0.25) is 0 Å². The normalized spacial score (nSPS) is 19.6. The highest BCUT2D eigenvalue weighted by Gasteiger charge is 2.33. The van der Waals surface area contributed by atoms with Crippen LogP contribution in [0.5, 0.6) is 0 Å². The fourth-order valence-corrected chi connectivity index (χ4v) is 4.04. The summed E-state index contributed by atoms with van der Waals surface area (Å²) >= 11 is 0. The summed E-state index contributed by atoms with van der Waals surface area (Å²) in [7, 11) is -3.52. The van der Waals surface area contributed by atoms with E-state index in [2.05, 4.69) is 11.9 Å². The maximum atomic E-state index is 12.6. The molecule has 120 valence electrons. The van der Waals surface area contributed by atoms with Crippen molar-refractivity contribution in [2.75, 3.05) is 19.6 Å². The van der Waals surface area contributed by atoms with Gasteiger partial charge in [-0.3, -0.25) is 4.79 Å². The zero-order chi connectivity index (χ0) is 16.2. The minimum Gasteiger partial charge on any atom is -0.352 e. The van der Waals surface area contributed by atoms with Gasteiger partial charge in [-0.15, -0.1) is 0 Å². The third kappa shape index (κ3) is 3.96. The summed E-state index contributed by atoms with van der Waals surface area (Å²) in [5.41, 5.74) is 0.873. The highest BCUT2D eigenvalue weighted by molar-refractivity contribution is 7.89. The predicted octanol–water partition coefficient (Wildman–Crippen LogP) is 1.78. The van der Waals surface area contributed by atoms with Gasteiger partial charge in [0.1, 0.15) is 0 Å². The second kappa shape index (κ2) is 7.07. The monoisotopic (exact) mass is 322 g/mol. The number of carbonyl (C=O) groups excluding carboxylic acids is 1. The van der Waals surface area contributed by atoms with Crippen molar-refractivity contribution in [1.29, 1.82) is 0 Å². The maximum absolute atomic E-state index is 12.6. The summed E-state index contributed by atoms with van der Waals surface area (Å²) in [6.07, 6.45) is 1.40. The number of benzene rings is 1. The number of nitrogens with one attached hydrogen (secondary N) is 1. The maximum Gasteiger partial charge on any atom is 0.243 e. The lowest BCUT2D eigenvalue weighted by Crippen LogP contribution is -2.45. The molecule has 1 aliphatic rings. The van der Waals surface area contributed by atoms with Crippen molar-refractivity contribution in [1.82, 2.24) is 9.62 Å². The SMILES string of the molecule is C=C(C)CNC(=O)C1CCCN(S(=O)(=O)c2ccccc2)C1.